The molecule has 1 amide bonds. The summed E-state index contributed by atoms with van der Waals surface area (Å²) in [6, 6.07) is -0.842. The van der Waals surface area contributed by atoms with E-state index < -0.39 is 20.0 Å². The molecule has 0 aliphatic carbocycles. The predicted molar refractivity (Wildman–Crippen MR) is 286 cm³/mol. The minimum absolute atomic E-state index is 0.0638. The number of likely N-dealkylation sites (N-methyl/N-ethyl adjacent to an activating group) is 1. The quantitative estimate of drug-likeness (QED) is 0.0243. The van der Waals surface area contributed by atoms with Crippen LogP contribution >= 0.6 is 7.82 Å². The molecule has 0 aromatic carbocycles. The first kappa shape index (κ1) is 65.0. The van der Waals surface area contributed by atoms with Crippen molar-refractivity contribution in [3.8, 4) is 0 Å². The molecule has 0 rings (SSSR count). The van der Waals surface area contributed by atoms with Crippen molar-refractivity contribution in [3.05, 3.63) is 24.3 Å². The summed E-state index contributed by atoms with van der Waals surface area (Å²) >= 11 is 0. The number of hydrogen-bond donors (Lipinski definition) is 3. The van der Waals surface area contributed by atoms with Crippen LogP contribution in [0.25, 0.3) is 0 Å². The first-order chi connectivity index (χ1) is 32.0. The maximum absolute atomic E-state index is 12.9. The molecule has 3 atom stereocenters. The molecule has 0 radical (unpaired) electrons. The molecule has 0 heterocycles. The standard InChI is InChI=1S/C57H113N2O6P/c1-6-8-10-12-14-16-18-20-21-22-23-24-25-26-27-28-29-30-31-32-33-34-35-36-37-39-41-43-45-47-49-51-57(61)58-55(54-65-66(62,63)64-53-52-59(3,4)5)56(60)50-48-46-44-42-40-38-19-17-15-13-11-9-7-2/h22-23,48,50,55-56,60H,6-21,24-47,49,51-54H2,1-5H3,(H-,58,61,62,63)/p+1/b23-22-,50-48+. The van der Waals surface area contributed by atoms with E-state index in [1.165, 1.54) is 225 Å². The third-order valence-corrected chi connectivity index (χ3v) is 14.1. The van der Waals surface area contributed by atoms with E-state index in [-0.39, 0.29) is 19.1 Å². The normalized spacial score (nSPS) is 14.1. The van der Waals surface area contributed by atoms with Crippen molar-refractivity contribution >= 4 is 13.7 Å². The average molecular weight is 955 g/mol. The maximum Gasteiger partial charge on any atom is 0.472 e. The highest BCUT2D eigenvalue weighted by atomic mass is 31.2. The van der Waals surface area contributed by atoms with Gasteiger partial charge in [0.15, 0.2) is 0 Å². The van der Waals surface area contributed by atoms with Gasteiger partial charge in [0.2, 0.25) is 5.91 Å². The van der Waals surface area contributed by atoms with Gasteiger partial charge in [-0.3, -0.25) is 13.8 Å². The molecular formula is C57H114N2O6P+. The molecule has 3 unspecified atom stereocenters. The van der Waals surface area contributed by atoms with Crippen LogP contribution in [0.4, 0.5) is 0 Å². The van der Waals surface area contributed by atoms with Crippen molar-refractivity contribution in [2.24, 2.45) is 0 Å². The van der Waals surface area contributed by atoms with Crippen LogP contribution in [0.15, 0.2) is 24.3 Å². The monoisotopic (exact) mass is 954 g/mol. The lowest BCUT2D eigenvalue weighted by atomic mass is 10.0. The number of phosphoric acid groups is 1. The number of aliphatic hydroxyl groups is 1. The number of unbranched alkanes of at least 4 members (excludes halogenated alkanes) is 38. The summed E-state index contributed by atoms with van der Waals surface area (Å²) < 4.78 is 23.7. The fraction of sp³-hybridized carbons (Fsp3) is 0.912. The van der Waals surface area contributed by atoms with Crippen LogP contribution in [0.1, 0.15) is 284 Å². The number of aliphatic hydroxyl groups excluding tert-OH is 1. The minimum atomic E-state index is -4.34. The Kier molecular flexibility index (Phi) is 48.2. The molecule has 0 aliphatic rings. The Morgan fingerprint density at radius 2 is 0.818 bits per heavy atom. The second-order valence-corrected chi connectivity index (χ2v) is 22.5. The van der Waals surface area contributed by atoms with Crippen LogP contribution in [-0.2, 0) is 18.4 Å². The van der Waals surface area contributed by atoms with Crippen molar-refractivity contribution in [3.63, 3.8) is 0 Å². The smallest absolute Gasteiger partial charge is 0.387 e. The van der Waals surface area contributed by atoms with Gasteiger partial charge < -0.3 is 19.8 Å². The number of amides is 1. The summed E-state index contributed by atoms with van der Waals surface area (Å²) in [5.74, 6) is -0.173. The Balaban J connectivity index is 4.01. The molecule has 0 aliphatic heterocycles. The summed E-state index contributed by atoms with van der Waals surface area (Å²) in [6.07, 6.45) is 61.5. The number of nitrogens with one attached hydrogen (secondary N) is 1. The van der Waals surface area contributed by atoms with Gasteiger partial charge in [-0.2, -0.15) is 0 Å². The topological polar surface area (TPSA) is 105 Å². The summed E-state index contributed by atoms with van der Waals surface area (Å²) in [4.78, 5) is 23.2. The van der Waals surface area contributed by atoms with E-state index >= 15 is 0 Å². The third-order valence-electron chi connectivity index (χ3n) is 13.2. The molecular weight excluding hydrogens is 840 g/mol. The lowest BCUT2D eigenvalue weighted by Crippen LogP contribution is -2.45. The van der Waals surface area contributed by atoms with E-state index in [0.717, 1.165) is 38.5 Å². The van der Waals surface area contributed by atoms with Gasteiger partial charge in [-0.15, -0.1) is 0 Å². The van der Waals surface area contributed by atoms with E-state index in [9.17, 15) is 19.4 Å². The Hall–Kier alpha value is -1.02. The van der Waals surface area contributed by atoms with Crippen LogP contribution in [0.5, 0.6) is 0 Å². The van der Waals surface area contributed by atoms with E-state index in [1.54, 1.807) is 6.08 Å². The Morgan fingerprint density at radius 1 is 0.500 bits per heavy atom. The zero-order chi connectivity index (χ0) is 48.5. The number of hydrogen-bond acceptors (Lipinski definition) is 5. The number of phosphoric ester groups is 1. The Bertz CT molecular complexity index is 1130. The molecule has 66 heavy (non-hydrogen) atoms. The molecule has 3 N–H and O–H groups in total. The lowest BCUT2D eigenvalue weighted by molar-refractivity contribution is -0.870. The summed E-state index contributed by atoms with van der Waals surface area (Å²) in [5.41, 5.74) is 0. The summed E-state index contributed by atoms with van der Waals surface area (Å²) in [7, 11) is 1.58. The average Bonchev–Trinajstić information content (AvgIpc) is 3.28. The van der Waals surface area contributed by atoms with E-state index in [2.05, 4.69) is 31.3 Å². The number of carbonyl (C=O) groups is 1. The van der Waals surface area contributed by atoms with Crippen molar-refractivity contribution in [2.45, 2.75) is 296 Å². The minimum Gasteiger partial charge on any atom is -0.387 e. The molecule has 0 saturated heterocycles. The van der Waals surface area contributed by atoms with Crippen LogP contribution < -0.4 is 5.32 Å². The van der Waals surface area contributed by atoms with Gasteiger partial charge in [0.05, 0.1) is 39.9 Å². The second-order valence-electron chi connectivity index (χ2n) is 21.0. The summed E-state index contributed by atoms with van der Waals surface area (Å²) in [6.45, 7) is 4.84. The molecule has 0 fully saturated rings. The first-order valence-corrected chi connectivity index (χ1v) is 30.2. The zero-order valence-corrected chi connectivity index (χ0v) is 45.6. The highest BCUT2D eigenvalue weighted by Crippen LogP contribution is 2.43. The van der Waals surface area contributed by atoms with Crippen molar-refractivity contribution in [1.29, 1.82) is 0 Å². The highest BCUT2D eigenvalue weighted by molar-refractivity contribution is 7.47. The van der Waals surface area contributed by atoms with Gasteiger partial charge in [-0.25, -0.2) is 4.57 Å². The third kappa shape index (κ3) is 50.8. The second kappa shape index (κ2) is 49.0. The molecule has 9 heteroatoms. The maximum atomic E-state index is 12.9. The molecule has 0 saturated carbocycles. The number of carbonyl (C=O) groups excluding carboxylic acids is 1. The lowest BCUT2D eigenvalue weighted by Gasteiger charge is -2.25. The molecule has 0 spiro atoms. The Morgan fingerprint density at radius 3 is 1.17 bits per heavy atom. The molecule has 0 aromatic heterocycles. The largest absolute Gasteiger partial charge is 0.472 e. The van der Waals surface area contributed by atoms with Gasteiger partial charge in [-0.05, 0) is 44.9 Å². The fourth-order valence-corrected chi connectivity index (χ4v) is 9.36. The molecule has 0 aromatic rings. The van der Waals surface area contributed by atoms with Crippen LogP contribution in [0.3, 0.4) is 0 Å². The van der Waals surface area contributed by atoms with Crippen molar-refractivity contribution in [2.75, 3.05) is 40.9 Å². The first-order valence-electron chi connectivity index (χ1n) is 28.7. The highest BCUT2D eigenvalue weighted by Gasteiger charge is 2.27. The van der Waals surface area contributed by atoms with E-state index in [4.69, 9.17) is 9.05 Å². The van der Waals surface area contributed by atoms with Gasteiger partial charge in [0.25, 0.3) is 0 Å². The summed E-state index contributed by atoms with van der Waals surface area (Å²) in [5, 5.41) is 13.9. The van der Waals surface area contributed by atoms with Gasteiger partial charge in [0, 0.05) is 6.42 Å². The molecule has 8 nitrogen and oxygen atoms in total. The zero-order valence-electron chi connectivity index (χ0n) is 44.7. The van der Waals surface area contributed by atoms with Gasteiger partial charge in [0.1, 0.15) is 13.2 Å². The number of allylic oxidation sites excluding steroid dienone is 3. The number of rotatable bonds is 53. The Labute approximate surface area is 411 Å². The van der Waals surface area contributed by atoms with E-state index in [0.29, 0.717) is 17.4 Å². The van der Waals surface area contributed by atoms with Crippen molar-refractivity contribution < 1.29 is 32.9 Å². The van der Waals surface area contributed by atoms with Crippen molar-refractivity contribution in [1.82, 2.24) is 5.32 Å². The molecule has 0 bridgehead atoms. The van der Waals surface area contributed by atoms with Crippen LogP contribution in [0, 0.1) is 0 Å². The van der Waals surface area contributed by atoms with Crippen LogP contribution in [-0.4, -0.2) is 73.4 Å². The predicted octanol–water partition coefficient (Wildman–Crippen LogP) is 17.2. The fourth-order valence-electron chi connectivity index (χ4n) is 8.63. The SMILES string of the molecule is CCCCCCCCCC/C=C\CCCCCCCCCCCCCCCCCCCCCC(=O)NC(COP(=O)(O)OCC[N+](C)(C)C)C(O)/C=C/CCCCCCCCCCCCC. The van der Waals surface area contributed by atoms with Crippen LogP contribution in [0.2, 0.25) is 0 Å². The molecule has 392 valence electrons. The number of quaternary nitrogens is 1. The van der Waals surface area contributed by atoms with Gasteiger partial charge in [-0.1, -0.05) is 256 Å². The van der Waals surface area contributed by atoms with Gasteiger partial charge >= 0.3 is 7.82 Å². The number of nitrogens with zero attached hydrogens (tertiary/aromatic N) is 1. The van der Waals surface area contributed by atoms with E-state index in [1.807, 2.05) is 27.2 Å².